The molecule has 0 saturated heterocycles. The predicted molar refractivity (Wildman–Crippen MR) is 89.1 cm³/mol. The van der Waals surface area contributed by atoms with Crippen LogP contribution in [0.1, 0.15) is 43.7 Å². The Bertz CT molecular complexity index is 636. The lowest BCUT2D eigenvalue weighted by Crippen LogP contribution is -2.30. The Kier molecular flexibility index (Phi) is 4.79. The highest BCUT2D eigenvalue weighted by molar-refractivity contribution is 5.95. The number of carbonyl (C=O) groups excluding carboxylic acids is 2. The molecule has 0 fully saturated rings. The number of anilines is 1. The van der Waals surface area contributed by atoms with Gasteiger partial charge in [0, 0.05) is 5.69 Å². The number of esters is 1. The zero-order valence-electron chi connectivity index (χ0n) is 13.5. The summed E-state index contributed by atoms with van der Waals surface area (Å²) in [7, 11) is 0. The molecule has 3 rings (SSSR count). The van der Waals surface area contributed by atoms with E-state index in [0.717, 1.165) is 31.4 Å². The lowest BCUT2D eigenvalue weighted by Gasteiger charge is -2.15. The van der Waals surface area contributed by atoms with Crippen LogP contribution < -0.4 is 5.32 Å². The largest absolute Gasteiger partial charge is 0.453 e. The molecule has 1 N–H and O–H groups in total. The van der Waals surface area contributed by atoms with Crippen molar-refractivity contribution in [3.05, 3.63) is 41.5 Å². The van der Waals surface area contributed by atoms with Gasteiger partial charge in [0.15, 0.2) is 6.10 Å². The van der Waals surface area contributed by atoms with Crippen LogP contribution in [0.15, 0.2) is 30.4 Å². The Hall–Kier alpha value is -2.10. The highest BCUT2D eigenvalue weighted by Gasteiger charge is 2.21. The van der Waals surface area contributed by atoms with Gasteiger partial charge in [0.1, 0.15) is 0 Å². The molecule has 0 saturated carbocycles. The summed E-state index contributed by atoms with van der Waals surface area (Å²) in [4.78, 5) is 24.1. The van der Waals surface area contributed by atoms with Crippen LogP contribution in [0, 0.1) is 5.92 Å². The monoisotopic (exact) mass is 313 g/mol. The Morgan fingerprint density at radius 2 is 2.13 bits per heavy atom. The maximum absolute atomic E-state index is 12.2. The van der Waals surface area contributed by atoms with Gasteiger partial charge in [-0.05, 0) is 68.2 Å². The first kappa shape index (κ1) is 15.8. The highest BCUT2D eigenvalue weighted by atomic mass is 16.5. The van der Waals surface area contributed by atoms with Crippen LogP contribution in [-0.2, 0) is 27.2 Å². The first-order valence-electron chi connectivity index (χ1n) is 8.40. The summed E-state index contributed by atoms with van der Waals surface area (Å²) in [6.07, 6.45) is 9.09. The first-order valence-corrected chi connectivity index (χ1v) is 8.40. The molecule has 0 aliphatic heterocycles. The Labute approximate surface area is 136 Å². The fourth-order valence-electron chi connectivity index (χ4n) is 3.27. The minimum absolute atomic E-state index is 0.259. The zero-order chi connectivity index (χ0) is 16.2. The number of nitrogens with one attached hydrogen (secondary N) is 1. The SMILES string of the molecule is C[C@H](OC(=O)C[C@H]1C=CCC1)C(=O)Nc1ccc2c(c1)CCC2. The number of allylic oxidation sites excluding steroid dienone is 2. The lowest BCUT2D eigenvalue weighted by atomic mass is 10.1. The molecule has 2 aliphatic rings. The fourth-order valence-corrected chi connectivity index (χ4v) is 3.27. The number of fused-ring (bicyclic) bond motifs is 1. The number of ether oxygens (including phenoxy) is 1. The maximum Gasteiger partial charge on any atom is 0.307 e. The summed E-state index contributed by atoms with van der Waals surface area (Å²) >= 11 is 0. The summed E-state index contributed by atoms with van der Waals surface area (Å²) in [6.45, 7) is 1.62. The highest BCUT2D eigenvalue weighted by Crippen LogP contribution is 2.25. The third-order valence-corrected chi connectivity index (χ3v) is 4.58. The molecule has 1 amide bonds. The van der Waals surface area contributed by atoms with Crippen molar-refractivity contribution in [3.8, 4) is 0 Å². The number of aryl methyl sites for hydroxylation is 2. The molecule has 1 aromatic rings. The standard InChI is InChI=1S/C19H23NO3/c1-13(23-18(21)11-14-5-2-3-6-14)19(22)20-17-10-9-15-7-4-8-16(15)12-17/h2,5,9-10,12-14H,3-4,6-8,11H2,1H3,(H,20,22)/t13-,14-/m0/s1. The molecule has 1 aromatic carbocycles. The van der Waals surface area contributed by atoms with Gasteiger partial charge in [-0.25, -0.2) is 0 Å². The smallest absolute Gasteiger partial charge is 0.307 e. The van der Waals surface area contributed by atoms with Gasteiger partial charge in [0.25, 0.3) is 5.91 Å². The molecule has 0 heterocycles. The van der Waals surface area contributed by atoms with E-state index in [2.05, 4.69) is 23.5 Å². The number of benzene rings is 1. The minimum Gasteiger partial charge on any atom is -0.453 e. The van der Waals surface area contributed by atoms with Crippen molar-refractivity contribution < 1.29 is 14.3 Å². The van der Waals surface area contributed by atoms with Gasteiger partial charge in [-0.15, -0.1) is 0 Å². The first-order chi connectivity index (χ1) is 11.1. The van der Waals surface area contributed by atoms with Gasteiger partial charge in [-0.1, -0.05) is 18.2 Å². The Morgan fingerprint density at radius 1 is 1.30 bits per heavy atom. The topological polar surface area (TPSA) is 55.4 Å². The van der Waals surface area contributed by atoms with Gasteiger partial charge >= 0.3 is 5.97 Å². The molecule has 2 atom stereocenters. The normalized spacial score (nSPS) is 20.1. The maximum atomic E-state index is 12.2. The summed E-state index contributed by atoms with van der Waals surface area (Å²) in [5.41, 5.74) is 3.45. The molecule has 0 radical (unpaired) electrons. The van der Waals surface area contributed by atoms with Crippen LogP contribution in [0.25, 0.3) is 0 Å². The summed E-state index contributed by atoms with van der Waals surface area (Å²) in [6, 6.07) is 6.01. The van der Waals surface area contributed by atoms with Gasteiger partial charge in [0.05, 0.1) is 6.42 Å². The van der Waals surface area contributed by atoms with E-state index >= 15 is 0 Å². The van der Waals surface area contributed by atoms with Gasteiger partial charge < -0.3 is 10.1 Å². The van der Waals surface area contributed by atoms with Crippen LogP contribution in [0.4, 0.5) is 5.69 Å². The van der Waals surface area contributed by atoms with Gasteiger partial charge in [-0.2, -0.15) is 0 Å². The van der Waals surface area contributed by atoms with E-state index in [-0.39, 0.29) is 17.8 Å². The van der Waals surface area contributed by atoms with E-state index in [4.69, 9.17) is 4.74 Å². The third kappa shape index (κ3) is 4.01. The van der Waals surface area contributed by atoms with Crippen LogP contribution in [-0.4, -0.2) is 18.0 Å². The predicted octanol–water partition coefficient (Wildman–Crippen LogP) is 3.40. The van der Waals surface area contributed by atoms with Gasteiger partial charge in [-0.3, -0.25) is 9.59 Å². The molecule has 0 bridgehead atoms. The quantitative estimate of drug-likeness (QED) is 0.669. The minimum atomic E-state index is -0.777. The molecule has 122 valence electrons. The zero-order valence-corrected chi connectivity index (χ0v) is 13.5. The number of hydrogen-bond acceptors (Lipinski definition) is 3. The molecule has 0 aromatic heterocycles. The summed E-state index contributed by atoms with van der Waals surface area (Å²) < 4.78 is 5.25. The lowest BCUT2D eigenvalue weighted by molar-refractivity contribution is -0.153. The van der Waals surface area contributed by atoms with E-state index in [9.17, 15) is 9.59 Å². The molecule has 4 heteroatoms. The second kappa shape index (κ2) is 6.99. The third-order valence-electron chi connectivity index (χ3n) is 4.58. The van der Waals surface area contributed by atoms with Crippen LogP contribution >= 0.6 is 0 Å². The van der Waals surface area contributed by atoms with E-state index < -0.39 is 6.10 Å². The van der Waals surface area contributed by atoms with Gasteiger partial charge in [0.2, 0.25) is 0 Å². The van der Waals surface area contributed by atoms with E-state index in [1.807, 2.05) is 12.1 Å². The molecular formula is C19H23NO3. The second-order valence-corrected chi connectivity index (χ2v) is 6.43. The average Bonchev–Trinajstić information content (AvgIpc) is 3.17. The van der Waals surface area contributed by atoms with Crippen LogP contribution in [0.2, 0.25) is 0 Å². The van der Waals surface area contributed by atoms with Crippen molar-refractivity contribution in [2.75, 3.05) is 5.32 Å². The number of amides is 1. The number of hydrogen-bond donors (Lipinski definition) is 1. The summed E-state index contributed by atoms with van der Waals surface area (Å²) in [5, 5.41) is 2.84. The Morgan fingerprint density at radius 3 is 2.91 bits per heavy atom. The molecule has 0 unspecified atom stereocenters. The molecule has 23 heavy (non-hydrogen) atoms. The second-order valence-electron chi connectivity index (χ2n) is 6.43. The van der Waals surface area contributed by atoms with E-state index in [1.54, 1.807) is 6.92 Å². The van der Waals surface area contributed by atoms with Crippen molar-refractivity contribution in [1.82, 2.24) is 0 Å². The van der Waals surface area contributed by atoms with E-state index in [0.29, 0.717) is 6.42 Å². The molecule has 4 nitrogen and oxygen atoms in total. The molecular weight excluding hydrogens is 290 g/mol. The van der Waals surface area contributed by atoms with E-state index in [1.165, 1.54) is 17.5 Å². The molecule has 0 spiro atoms. The Balaban J connectivity index is 1.51. The average molecular weight is 313 g/mol. The number of carbonyl (C=O) groups is 2. The van der Waals surface area contributed by atoms with Crippen molar-refractivity contribution in [1.29, 1.82) is 0 Å². The van der Waals surface area contributed by atoms with Crippen LogP contribution in [0.3, 0.4) is 0 Å². The summed E-state index contributed by atoms with van der Waals surface area (Å²) in [5.74, 6) is -0.328. The van der Waals surface area contributed by atoms with Crippen LogP contribution in [0.5, 0.6) is 0 Å². The fraction of sp³-hybridized carbons (Fsp3) is 0.474. The van der Waals surface area contributed by atoms with Crippen molar-refractivity contribution >= 4 is 17.6 Å². The van der Waals surface area contributed by atoms with Crippen molar-refractivity contribution in [2.45, 2.75) is 51.6 Å². The van der Waals surface area contributed by atoms with Crippen molar-refractivity contribution in [3.63, 3.8) is 0 Å². The van der Waals surface area contributed by atoms with Crippen molar-refractivity contribution in [2.24, 2.45) is 5.92 Å². The number of rotatable bonds is 5. The molecule has 2 aliphatic carbocycles.